The number of pyridine rings is 1. The molecule has 0 bridgehead atoms. The molecule has 0 aromatic carbocycles. The fourth-order valence-electron chi connectivity index (χ4n) is 0.823. The van der Waals surface area contributed by atoms with Gasteiger partial charge in [-0.15, -0.1) is 0 Å². The summed E-state index contributed by atoms with van der Waals surface area (Å²) in [6.07, 6.45) is 1.69. The minimum Gasteiger partial charge on any atom is -0.343 e. The number of hydrogen-bond donors (Lipinski definition) is 0. The predicted molar refractivity (Wildman–Crippen MR) is 58.3 cm³/mol. The fourth-order valence-corrected chi connectivity index (χ4v) is 0.823. The third-order valence-electron chi connectivity index (χ3n) is 1.54. The highest BCUT2D eigenvalue weighted by molar-refractivity contribution is 5.91. The van der Waals surface area contributed by atoms with E-state index >= 15 is 0 Å². The number of carbonyl (C=O) groups is 1. The van der Waals surface area contributed by atoms with E-state index in [2.05, 4.69) is 4.98 Å². The van der Waals surface area contributed by atoms with Gasteiger partial charge in [0.15, 0.2) is 0 Å². The summed E-state index contributed by atoms with van der Waals surface area (Å²) in [4.78, 5) is 16.8. The second-order valence-electron chi connectivity index (χ2n) is 2.92. The van der Waals surface area contributed by atoms with E-state index in [1.165, 1.54) is 4.90 Å². The van der Waals surface area contributed by atoms with E-state index in [0.29, 0.717) is 5.69 Å². The fraction of sp³-hybridized carbons (Fsp3) is 0.455. The molecule has 3 nitrogen and oxygen atoms in total. The van der Waals surface area contributed by atoms with Crippen LogP contribution in [0.15, 0.2) is 18.3 Å². The zero-order chi connectivity index (χ0) is 11.1. The van der Waals surface area contributed by atoms with E-state index in [1.54, 1.807) is 26.4 Å². The van der Waals surface area contributed by atoms with Crippen LogP contribution < -0.4 is 0 Å². The molecule has 1 aromatic heterocycles. The Morgan fingerprint density at radius 1 is 1.29 bits per heavy atom. The first-order valence-electron chi connectivity index (χ1n) is 4.75. The van der Waals surface area contributed by atoms with Gasteiger partial charge in [-0.05, 0) is 18.6 Å². The van der Waals surface area contributed by atoms with Gasteiger partial charge < -0.3 is 4.90 Å². The summed E-state index contributed by atoms with van der Waals surface area (Å²) < 4.78 is 0. The van der Waals surface area contributed by atoms with Crippen LogP contribution in [0.25, 0.3) is 0 Å². The third kappa shape index (κ3) is 3.56. The van der Waals surface area contributed by atoms with Gasteiger partial charge in [-0.3, -0.25) is 9.78 Å². The van der Waals surface area contributed by atoms with Crippen LogP contribution in [-0.4, -0.2) is 29.9 Å². The highest BCUT2D eigenvalue weighted by Crippen LogP contribution is 2.00. The molecule has 14 heavy (non-hydrogen) atoms. The molecule has 0 N–H and O–H groups in total. The van der Waals surface area contributed by atoms with Crippen molar-refractivity contribution in [2.24, 2.45) is 0 Å². The van der Waals surface area contributed by atoms with Crippen LogP contribution in [0, 0.1) is 6.92 Å². The summed E-state index contributed by atoms with van der Waals surface area (Å²) in [5, 5.41) is 0. The molecule has 78 valence electrons. The molecule has 0 radical (unpaired) electrons. The van der Waals surface area contributed by atoms with Crippen molar-refractivity contribution in [1.82, 2.24) is 9.88 Å². The Bertz CT molecular complexity index is 278. The Kier molecular flexibility index (Phi) is 5.53. The lowest BCUT2D eigenvalue weighted by molar-refractivity contribution is 0.0822. The number of rotatable bonds is 1. The molecule has 3 heteroatoms. The standard InChI is InChI=1S/C9H12N2O.C2H6/c1-7-4-5-8(10-6-7)9(12)11(2)3;1-2/h4-6H,1-3H3;1-2H3. The lowest BCUT2D eigenvalue weighted by atomic mass is 10.2. The van der Waals surface area contributed by atoms with Crippen LogP contribution in [0.3, 0.4) is 0 Å². The molecule has 1 heterocycles. The van der Waals surface area contributed by atoms with E-state index in [-0.39, 0.29) is 5.91 Å². The van der Waals surface area contributed by atoms with Gasteiger partial charge in [0, 0.05) is 20.3 Å². The van der Waals surface area contributed by atoms with Crippen molar-refractivity contribution < 1.29 is 4.79 Å². The zero-order valence-corrected chi connectivity index (χ0v) is 9.53. The molecule has 0 spiro atoms. The summed E-state index contributed by atoms with van der Waals surface area (Å²) in [7, 11) is 3.42. The molecule has 0 saturated carbocycles. The quantitative estimate of drug-likeness (QED) is 0.686. The van der Waals surface area contributed by atoms with E-state index in [0.717, 1.165) is 5.56 Å². The molecular formula is C11H18N2O. The molecule has 0 aliphatic carbocycles. The summed E-state index contributed by atoms with van der Waals surface area (Å²) in [6, 6.07) is 3.61. The van der Waals surface area contributed by atoms with Crippen molar-refractivity contribution >= 4 is 5.91 Å². The Labute approximate surface area is 85.8 Å². The maximum absolute atomic E-state index is 11.3. The number of carbonyl (C=O) groups excluding carboxylic acids is 1. The van der Waals surface area contributed by atoms with Crippen molar-refractivity contribution in [1.29, 1.82) is 0 Å². The molecule has 1 aromatic rings. The minimum absolute atomic E-state index is 0.0602. The van der Waals surface area contributed by atoms with Gasteiger partial charge in [0.1, 0.15) is 5.69 Å². The molecule has 0 fully saturated rings. The van der Waals surface area contributed by atoms with Crippen molar-refractivity contribution in [3.8, 4) is 0 Å². The first-order chi connectivity index (χ1) is 6.61. The molecule has 1 rings (SSSR count). The van der Waals surface area contributed by atoms with Gasteiger partial charge >= 0.3 is 0 Å². The second-order valence-corrected chi connectivity index (χ2v) is 2.92. The number of aryl methyl sites for hydroxylation is 1. The summed E-state index contributed by atoms with van der Waals surface area (Å²) in [5.41, 5.74) is 1.55. The highest BCUT2D eigenvalue weighted by Gasteiger charge is 2.07. The normalized spacial score (nSPS) is 8.64. The Morgan fingerprint density at radius 3 is 2.21 bits per heavy atom. The van der Waals surface area contributed by atoms with Gasteiger partial charge in [-0.25, -0.2) is 0 Å². The molecular weight excluding hydrogens is 176 g/mol. The van der Waals surface area contributed by atoms with Gasteiger partial charge in [0.25, 0.3) is 5.91 Å². The smallest absolute Gasteiger partial charge is 0.271 e. The maximum atomic E-state index is 11.3. The first-order valence-corrected chi connectivity index (χ1v) is 4.75. The number of nitrogens with zero attached hydrogens (tertiary/aromatic N) is 2. The molecule has 1 amide bonds. The van der Waals surface area contributed by atoms with E-state index in [1.807, 2.05) is 26.8 Å². The van der Waals surface area contributed by atoms with Crippen LogP contribution in [0.1, 0.15) is 29.9 Å². The predicted octanol–water partition coefficient (Wildman–Crippen LogP) is 2.12. The number of hydrogen-bond acceptors (Lipinski definition) is 2. The Hall–Kier alpha value is -1.38. The van der Waals surface area contributed by atoms with E-state index in [9.17, 15) is 4.79 Å². The SMILES string of the molecule is CC.Cc1ccc(C(=O)N(C)C)nc1. The van der Waals surface area contributed by atoms with Crippen molar-refractivity contribution in [2.45, 2.75) is 20.8 Å². The van der Waals surface area contributed by atoms with Gasteiger partial charge in [0.05, 0.1) is 0 Å². The largest absolute Gasteiger partial charge is 0.343 e. The summed E-state index contributed by atoms with van der Waals surface area (Å²) >= 11 is 0. The van der Waals surface area contributed by atoms with Crippen LogP contribution >= 0.6 is 0 Å². The van der Waals surface area contributed by atoms with Crippen LogP contribution in [0.2, 0.25) is 0 Å². The van der Waals surface area contributed by atoms with Crippen molar-refractivity contribution in [2.75, 3.05) is 14.1 Å². The number of amides is 1. The summed E-state index contributed by atoms with van der Waals surface area (Å²) in [6.45, 7) is 5.94. The Morgan fingerprint density at radius 2 is 1.86 bits per heavy atom. The average molecular weight is 194 g/mol. The topological polar surface area (TPSA) is 33.2 Å². The lowest BCUT2D eigenvalue weighted by Gasteiger charge is -2.08. The van der Waals surface area contributed by atoms with Crippen molar-refractivity contribution in [3.05, 3.63) is 29.6 Å². The lowest BCUT2D eigenvalue weighted by Crippen LogP contribution is -2.22. The summed E-state index contributed by atoms with van der Waals surface area (Å²) in [5.74, 6) is -0.0602. The van der Waals surface area contributed by atoms with Gasteiger partial charge in [-0.2, -0.15) is 0 Å². The molecule has 0 aliphatic rings. The van der Waals surface area contributed by atoms with Crippen LogP contribution in [0.4, 0.5) is 0 Å². The maximum Gasteiger partial charge on any atom is 0.271 e. The van der Waals surface area contributed by atoms with Crippen LogP contribution in [0.5, 0.6) is 0 Å². The molecule has 0 aliphatic heterocycles. The molecule has 0 unspecified atom stereocenters. The molecule has 0 atom stereocenters. The average Bonchev–Trinajstić information content (AvgIpc) is 2.21. The second kappa shape index (κ2) is 6.13. The highest BCUT2D eigenvalue weighted by atomic mass is 16.2. The number of aromatic nitrogens is 1. The van der Waals surface area contributed by atoms with Gasteiger partial charge in [0.2, 0.25) is 0 Å². The Balaban J connectivity index is 0.000000791. The first kappa shape index (κ1) is 12.6. The van der Waals surface area contributed by atoms with Gasteiger partial charge in [-0.1, -0.05) is 19.9 Å². The van der Waals surface area contributed by atoms with E-state index in [4.69, 9.17) is 0 Å². The zero-order valence-electron chi connectivity index (χ0n) is 9.53. The van der Waals surface area contributed by atoms with Crippen molar-refractivity contribution in [3.63, 3.8) is 0 Å². The monoisotopic (exact) mass is 194 g/mol. The van der Waals surface area contributed by atoms with E-state index < -0.39 is 0 Å². The van der Waals surface area contributed by atoms with Crippen LogP contribution in [-0.2, 0) is 0 Å². The third-order valence-corrected chi connectivity index (χ3v) is 1.54. The minimum atomic E-state index is -0.0602. The molecule has 0 saturated heterocycles.